The summed E-state index contributed by atoms with van der Waals surface area (Å²) in [7, 11) is 3.01. The van der Waals surface area contributed by atoms with E-state index in [9.17, 15) is 9.59 Å². The lowest BCUT2D eigenvalue weighted by molar-refractivity contribution is -0.132. The van der Waals surface area contributed by atoms with E-state index in [2.05, 4.69) is 0 Å². The number of hydrogen-bond donors (Lipinski definition) is 0. The SMILES string of the molecule is COP(=S)(OC)SC(C)N1CC(=O)C(=O)C1. The maximum atomic E-state index is 11.1. The Balaban J connectivity index is 2.60. The first kappa shape index (κ1) is 14.3. The summed E-state index contributed by atoms with van der Waals surface area (Å²) in [4.78, 5) is 24.0. The molecule has 0 aromatic rings. The van der Waals surface area contributed by atoms with E-state index in [4.69, 9.17) is 20.9 Å². The molecule has 8 heteroatoms. The summed E-state index contributed by atoms with van der Waals surface area (Å²) in [6.45, 7) is 2.21. The molecule has 0 N–H and O–H groups in total. The van der Waals surface area contributed by atoms with Crippen molar-refractivity contribution in [2.75, 3.05) is 27.3 Å². The highest BCUT2D eigenvalue weighted by atomic mass is 32.9. The smallest absolute Gasteiger partial charge is 0.248 e. The third kappa shape index (κ3) is 3.35. The van der Waals surface area contributed by atoms with E-state index in [1.165, 1.54) is 25.6 Å². The standard InChI is InChI=1S/C8H14NO4PS2/c1-6(16-14(15,12-2)13-3)9-4-7(10)8(11)5-9/h6H,4-5H2,1-3H3. The van der Waals surface area contributed by atoms with Crippen molar-refractivity contribution in [3.05, 3.63) is 0 Å². The van der Waals surface area contributed by atoms with Gasteiger partial charge in [-0.2, -0.15) is 0 Å². The molecule has 1 saturated heterocycles. The van der Waals surface area contributed by atoms with Crippen LogP contribution >= 0.6 is 17.1 Å². The summed E-state index contributed by atoms with van der Waals surface area (Å²) in [5.74, 6) is -0.675. The first-order valence-corrected chi connectivity index (χ1v) is 8.74. The average Bonchev–Trinajstić information content (AvgIpc) is 2.59. The van der Waals surface area contributed by atoms with Gasteiger partial charge in [0.1, 0.15) is 0 Å². The Labute approximate surface area is 104 Å². The van der Waals surface area contributed by atoms with Crippen LogP contribution in [0.5, 0.6) is 0 Å². The second-order valence-electron chi connectivity index (χ2n) is 3.27. The highest BCUT2D eigenvalue weighted by Gasteiger charge is 2.34. The summed E-state index contributed by atoms with van der Waals surface area (Å²) in [6.07, 6.45) is 0. The number of nitrogens with zero attached hydrogens (tertiary/aromatic N) is 1. The molecule has 1 heterocycles. The van der Waals surface area contributed by atoms with Gasteiger partial charge in [-0.15, -0.1) is 0 Å². The topological polar surface area (TPSA) is 55.8 Å². The Bertz CT molecular complexity index is 325. The zero-order valence-corrected chi connectivity index (χ0v) is 11.9. The molecular formula is C8H14NO4PS2. The van der Waals surface area contributed by atoms with Crippen LogP contribution in [0.4, 0.5) is 0 Å². The molecule has 1 atom stereocenters. The van der Waals surface area contributed by atoms with Gasteiger partial charge in [-0.1, -0.05) is 11.4 Å². The number of rotatable bonds is 5. The molecule has 1 aliphatic rings. The van der Waals surface area contributed by atoms with Crippen molar-refractivity contribution in [3.8, 4) is 0 Å². The maximum absolute atomic E-state index is 11.1. The van der Waals surface area contributed by atoms with Crippen molar-refractivity contribution in [3.63, 3.8) is 0 Å². The number of carbonyl (C=O) groups excluding carboxylic acids is 2. The molecular weight excluding hydrogens is 269 g/mol. The molecule has 0 saturated carbocycles. The summed E-state index contributed by atoms with van der Waals surface area (Å²) >= 11 is 6.56. The molecule has 1 aliphatic heterocycles. The van der Waals surface area contributed by atoms with Gasteiger partial charge in [0.15, 0.2) is 0 Å². The summed E-state index contributed by atoms with van der Waals surface area (Å²) in [5, 5.41) is -0.0684. The largest absolute Gasteiger partial charge is 0.325 e. The Morgan fingerprint density at radius 3 is 2.12 bits per heavy atom. The summed E-state index contributed by atoms with van der Waals surface area (Å²) in [5.41, 5.74) is -2.34. The van der Waals surface area contributed by atoms with Crippen LogP contribution in [-0.4, -0.2) is 49.1 Å². The second kappa shape index (κ2) is 5.71. The third-order valence-electron chi connectivity index (χ3n) is 2.25. The van der Waals surface area contributed by atoms with E-state index in [1.54, 1.807) is 4.90 Å². The molecule has 1 unspecified atom stereocenters. The second-order valence-corrected chi connectivity index (χ2v) is 10.00. The van der Waals surface area contributed by atoms with Crippen molar-refractivity contribution in [2.45, 2.75) is 12.3 Å². The van der Waals surface area contributed by atoms with Gasteiger partial charge in [0, 0.05) is 14.2 Å². The molecule has 5 nitrogen and oxygen atoms in total. The first-order valence-electron chi connectivity index (χ1n) is 4.62. The van der Waals surface area contributed by atoms with Gasteiger partial charge in [-0.05, 0) is 18.7 Å². The van der Waals surface area contributed by atoms with Crippen LogP contribution in [0.15, 0.2) is 0 Å². The fourth-order valence-electron chi connectivity index (χ4n) is 1.27. The Morgan fingerprint density at radius 1 is 1.31 bits per heavy atom. The van der Waals surface area contributed by atoms with Crippen LogP contribution in [0.1, 0.15) is 6.92 Å². The quantitative estimate of drug-likeness (QED) is 0.552. The van der Waals surface area contributed by atoms with Gasteiger partial charge < -0.3 is 9.05 Å². The van der Waals surface area contributed by atoms with Crippen LogP contribution in [0, 0.1) is 0 Å². The number of ketones is 2. The zero-order valence-electron chi connectivity index (χ0n) is 9.34. The van der Waals surface area contributed by atoms with Gasteiger partial charge in [0.2, 0.25) is 17.3 Å². The minimum atomic E-state index is -2.34. The third-order valence-corrected chi connectivity index (χ3v) is 8.26. The van der Waals surface area contributed by atoms with E-state index < -0.39 is 5.69 Å². The van der Waals surface area contributed by atoms with Crippen LogP contribution in [-0.2, 0) is 30.4 Å². The minimum Gasteiger partial charge on any atom is -0.325 e. The summed E-state index contributed by atoms with van der Waals surface area (Å²) in [6, 6.07) is 0. The lowest BCUT2D eigenvalue weighted by Crippen LogP contribution is -2.28. The molecule has 0 aliphatic carbocycles. The lowest BCUT2D eigenvalue weighted by Gasteiger charge is -2.26. The zero-order chi connectivity index (χ0) is 12.3. The molecule has 1 fully saturated rings. The van der Waals surface area contributed by atoms with Crippen LogP contribution in [0.2, 0.25) is 0 Å². The van der Waals surface area contributed by atoms with E-state index >= 15 is 0 Å². The number of hydrogen-bond acceptors (Lipinski definition) is 7. The molecule has 0 aromatic carbocycles. The molecule has 1 rings (SSSR count). The number of carbonyl (C=O) groups is 2. The predicted molar refractivity (Wildman–Crippen MR) is 66.9 cm³/mol. The van der Waals surface area contributed by atoms with Crippen LogP contribution in [0.3, 0.4) is 0 Å². The van der Waals surface area contributed by atoms with E-state index in [1.807, 2.05) is 6.92 Å². The lowest BCUT2D eigenvalue weighted by atomic mass is 10.3. The van der Waals surface area contributed by atoms with Crippen molar-refractivity contribution in [1.29, 1.82) is 0 Å². The van der Waals surface area contributed by atoms with E-state index in [0.717, 1.165) is 0 Å². The van der Waals surface area contributed by atoms with Crippen molar-refractivity contribution >= 4 is 40.4 Å². The Kier molecular flexibility index (Phi) is 5.10. The fraction of sp³-hybridized carbons (Fsp3) is 0.750. The summed E-state index contributed by atoms with van der Waals surface area (Å²) < 4.78 is 10.3. The molecule has 0 amide bonds. The predicted octanol–water partition coefficient (Wildman–Crippen LogP) is 1.04. The monoisotopic (exact) mass is 283 g/mol. The molecule has 92 valence electrons. The molecule has 16 heavy (non-hydrogen) atoms. The van der Waals surface area contributed by atoms with Gasteiger partial charge in [0.05, 0.1) is 18.5 Å². The number of likely N-dealkylation sites (tertiary alicyclic amines) is 1. The fourth-order valence-corrected chi connectivity index (χ4v) is 5.41. The van der Waals surface area contributed by atoms with Crippen molar-refractivity contribution in [2.24, 2.45) is 0 Å². The molecule has 0 aromatic heterocycles. The molecule has 0 spiro atoms. The Morgan fingerprint density at radius 2 is 1.75 bits per heavy atom. The highest BCUT2D eigenvalue weighted by molar-refractivity contribution is 8.68. The maximum Gasteiger partial charge on any atom is 0.248 e. The van der Waals surface area contributed by atoms with Gasteiger partial charge >= 0.3 is 0 Å². The highest BCUT2D eigenvalue weighted by Crippen LogP contribution is 2.61. The van der Waals surface area contributed by atoms with Gasteiger partial charge in [-0.25, -0.2) is 0 Å². The minimum absolute atomic E-state index is 0.0684. The first-order chi connectivity index (χ1) is 7.41. The van der Waals surface area contributed by atoms with E-state index in [0.29, 0.717) is 0 Å². The van der Waals surface area contributed by atoms with Crippen LogP contribution < -0.4 is 0 Å². The molecule has 0 radical (unpaired) electrons. The van der Waals surface area contributed by atoms with Crippen molar-refractivity contribution < 1.29 is 18.6 Å². The van der Waals surface area contributed by atoms with Crippen LogP contribution in [0.25, 0.3) is 0 Å². The average molecular weight is 283 g/mol. The van der Waals surface area contributed by atoms with Crippen molar-refractivity contribution in [1.82, 2.24) is 4.90 Å². The Hall–Kier alpha value is 0.220. The molecule has 0 bridgehead atoms. The van der Waals surface area contributed by atoms with E-state index in [-0.39, 0.29) is 30.0 Å². The number of Topliss-reactive ketones (excluding diaryl/α,β-unsaturated/α-hetero) is 2. The van der Waals surface area contributed by atoms with Gasteiger partial charge in [-0.3, -0.25) is 14.5 Å². The van der Waals surface area contributed by atoms with Gasteiger partial charge in [0.25, 0.3) is 0 Å². The normalized spacial score (nSPS) is 20.4.